The molecule has 0 amide bonds. The summed E-state index contributed by atoms with van der Waals surface area (Å²) in [4.78, 5) is 21.8. The molecule has 1 aromatic carbocycles. The van der Waals surface area contributed by atoms with Crippen LogP contribution in [0.3, 0.4) is 0 Å². The van der Waals surface area contributed by atoms with Gasteiger partial charge in [0.15, 0.2) is 0 Å². The fourth-order valence-corrected chi connectivity index (χ4v) is 0.741. The highest BCUT2D eigenvalue weighted by Gasteiger charge is 2.08. The summed E-state index contributed by atoms with van der Waals surface area (Å²) < 4.78 is 0. The van der Waals surface area contributed by atoms with Crippen LogP contribution in [0.15, 0.2) is 9.59 Å². The summed E-state index contributed by atoms with van der Waals surface area (Å²) in [7, 11) is 0. The summed E-state index contributed by atoms with van der Waals surface area (Å²) in [5.41, 5.74) is 7.61. The Hall–Kier alpha value is -1.98. The van der Waals surface area contributed by atoms with Crippen molar-refractivity contribution in [3.8, 4) is 0 Å². The standard InChI is InChI=1S/C6H6N4O2/c7-1-2(8)6(12)4(10)3(9)5(1)11/h7-8H,9-10H2. The quantitative estimate of drug-likeness (QED) is 0.314. The van der Waals surface area contributed by atoms with E-state index in [1.54, 1.807) is 0 Å². The Morgan fingerprint density at radius 1 is 0.833 bits per heavy atom. The molecule has 0 saturated carbocycles. The van der Waals surface area contributed by atoms with E-state index in [0.717, 1.165) is 0 Å². The first-order valence-corrected chi connectivity index (χ1v) is 2.99. The van der Waals surface area contributed by atoms with Crippen molar-refractivity contribution >= 4 is 11.4 Å². The molecule has 0 unspecified atom stereocenters. The van der Waals surface area contributed by atoms with Crippen LogP contribution in [0.1, 0.15) is 0 Å². The van der Waals surface area contributed by atoms with E-state index in [4.69, 9.17) is 22.3 Å². The molecule has 6 N–H and O–H groups in total. The minimum Gasteiger partial charge on any atom is -0.394 e. The average Bonchev–Trinajstić information content (AvgIpc) is 2.08. The number of nitrogen functional groups attached to an aromatic ring is 2. The van der Waals surface area contributed by atoms with Gasteiger partial charge in [0.2, 0.25) is 10.9 Å². The van der Waals surface area contributed by atoms with Gasteiger partial charge < -0.3 is 11.5 Å². The van der Waals surface area contributed by atoms with Crippen LogP contribution in [0, 0.1) is 10.8 Å². The number of anilines is 2. The van der Waals surface area contributed by atoms with E-state index in [1.165, 1.54) is 0 Å². The molecule has 0 aliphatic heterocycles. The molecule has 6 nitrogen and oxygen atoms in total. The van der Waals surface area contributed by atoms with Crippen LogP contribution in [0.5, 0.6) is 0 Å². The van der Waals surface area contributed by atoms with Gasteiger partial charge in [-0.25, -0.2) is 0 Å². The van der Waals surface area contributed by atoms with Crippen molar-refractivity contribution in [2.24, 2.45) is 0 Å². The molecule has 0 aliphatic carbocycles. The first kappa shape index (κ1) is 8.12. The van der Waals surface area contributed by atoms with Gasteiger partial charge in [-0.1, -0.05) is 0 Å². The Labute approximate surface area is 65.8 Å². The fraction of sp³-hybridized carbons (Fsp3) is 0. The van der Waals surface area contributed by atoms with E-state index >= 15 is 0 Å². The molecule has 0 radical (unpaired) electrons. The number of hydrogen-bond acceptors (Lipinski definition) is 6. The third-order valence-electron chi connectivity index (χ3n) is 1.48. The number of nitrogens with one attached hydrogen (secondary N) is 2. The summed E-state index contributed by atoms with van der Waals surface area (Å²) in [5, 5.41) is 12.6. The molecule has 12 heavy (non-hydrogen) atoms. The highest BCUT2D eigenvalue weighted by atomic mass is 16.1. The molecule has 0 heterocycles. The number of rotatable bonds is 0. The monoisotopic (exact) mass is 166 g/mol. The van der Waals surface area contributed by atoms with Gasteiger partial charge in [0.05, 0.1) is 0 Å². The van der Waals surface area contributed by atoms with Crippen LogP contribution in [0.2, 0.25) is 0 Å². The molecule has 0 bridgehead atoms. The minimum atomic E-state index is -0.864. The Balaban J connectivity index is 4.15. The SMILES string of the molecule is N=c1c(=O)c(N)c(N)c(=O)c1=N. The van der Waals surface area contributed by atoms with Gasteiger partial charge in [-0.2, -0.15) is 0 Å². The first-order valence-electron chi connectivity index (χ1n) is 2.99. The molecular weight excluding hydrogens is 160 g/mol. The summed E-state index contributed by atoms with van der Waals surface area (Å²) in [6.45, 7) is 0. The van der Waals surface area contributed by atoms with Crippen molar-refractivity contribution in [1.82, 2.24) is 0 Å². The van der Waals surface area contributed by atoms with Crippen LogP contribution < -0.4 is 33.0 Å². The van der Waals surface area contributed by atoms with Crippen molar-refractivity contribution in [3.05, 3.63) is 31.2 Å². The zero-order valence-corrected chi connectivity index (χ0v) is 5.97. The molecule has 0 aromatic heterocycles. The van der Waals surface area contributed by atoms with E-state index in [9.17, 15) is 9.59 Å². The number of benzene rings is 1. The van der Waals surface area contributed by atoms with E-state index in [0.29, 0.717) is 0 Å². The van der Waals surface area contributed by atoms with Crippen LogP contribution in [-0.4, -0.2) is 0 Å². The molecule has 0 spiro atoms. The highest BCUT2D eigenvalue weighted by molar-refractivity contribution is 5.61. The molecule has 1 aromatic rings. The van der Waals surface area contributed by atoms with E-state index < -0.39 is 32.9 Å². The van der Waals surface area contributed by atoms with Gasteiger partial charge >= 0.3 is 0 Å². The molecule has 62 valence electrons. The topological polar surface area (TPSA) is 134 Å². The normalized spacial score (nSPS) is 10.0. The smallest absolute Gasteiger partial charge is 0.230 e. The summed E-state index contributed by atoms with van der Waals surface area (Å²) in [6.07, 6.45) is 0. The van der Waals surface area contributed by atoms with E-state index in [1.807, 2.05) is 0 Å². The maximum atomic E-state index is 10.9. The largest absolute Gasteiger partial charge is 0.394 e. The fourth-order valence-electron chi connectivity index (χ4n) is 0.741. The zero-order chi connectivity index (χ0) is 9.46. The van der Waals surface area contributed by atoms with E-state index in [-0.39, 0.29) is 0 Å². The van der Waals surface area contributed by atoms with Crippen LogP contribution >= 0.6 is 0 Å². The Kier molecular flexibility index (Phi) is 1.53. The third kappa shape index (κ3) is 0.815. The molecule has 6 heteroatoms. The lowest BCUT2D eigenvalue weighted by molar-refractivity contribution is 1.09. The molecule has 0 atom stereocenters. The molecule has 0 saturated heterocycles. The number of nitrogens with two attached hydrogens (primary N) is 2. The maximum absolute atomic E-state index is 10.9. The Bertz CT molecular complexity index is 475. The Morgan fingerprint density at radius 2 is 1.08 bits per heavy atom. The van der Waals surface area contributed by atoms with Crippen molar-refractivity contribution in [1.29, 1.82) is 10.8 Å². The predicted octanol–water partition coefficient (Wildman–Crippen LogP) is -2.59. The van der Waals surface area contributed by atoms with Crippen LogP contribution in [-0.2, 0) is 0 Å². The van der Waals surface area contributed by atoms with Gasteiger partial charge in [0.1, 0.15) is 22.1 Å². The Morgan fingerprint density at radius 3 is 1.33 bits per heavy atom. The average molecular weight is 166 g/mol. The second kappa shape index (κ2) is 2.26. The number of hydrogen-bond donors (Lipinski definition) is 4. The first-order chi connectivity index (χ1) is 5.46. The van der Waals surface area contributed by atoms with Crippen LogP contribution in [0.25, 0.3) is 0 Å². The molecule has 1 rings (SSSR count). The lowest BCUT2D eigenvalue weighted by atomic mass is 10.2. The summed E-state index contributed by atoms with van der Waals surface area (Å²) in [5.74, 6) is 0. The lowest BCUT2D eigenvalue weighted by Gasteiger charge is -1.93. The molecule has 0 fully saturated rings. The van der Waals surface area contributed by atoms with Crippen molar-refractivity contribution in [2.75, 3.05) is 11.5 Å². The minimum absolute atomic E-state index is 0.444. The van der Waals surface area contributed by atoms with Gasteiger partial charge in [0.25, 0.3) is 0 Å². The van der Waals surface area contributed by atoms with Gasteiger partial charge in [-0.3, -0.25) is 20.4 Å². The van der Waals surface area contributed by atoms with Gasteiger partial charge in [-0.05, 0) is 0 Å². The highest BCUT2D eigenvalue weighted by Crippen LogP contribution is 1.94. The lowest BCUT2D eigenvalue weighted by Crippen LogP contribution is -2.48. The molecule has 0 aliphatic rings. The van der Waals surface area contributed by atoms with Crippen LogP contribution in [0.4, 0.5) is 11.4 Å². The maximum Gasteiger partial charge on any atom is 0.230 e. The van der Waals surface area contributed by atoms with Crippen molar-refractivity contribution < 1.29 is 0 Å². The van der Waals surface area contributed by atoms with Crippen molar-refractivity contribution in [3.63, 3.8) is 0 Å². The second-order valence-electron chi connectivity index (χ2n) is 2.24. The second-order valence-corrected chi connectivity index (χ2v) is 2.24. The van der Waals surface area contributed by atoms with E-state index in [2.05, 4.69) is 0 Å². The summed E-state index contributed by atoms with van der Waals surface area (Å²) in [6, 6.07) is 0. The van der Waals surface area contributed by atoms with Gasteiger partial charge in [-0.15, -0.1) is 0 Å². The third-order valence-corrected chi connectivity index (χ3v) is 1.48. The van der Waals surface area contributed by atoms with Crippen molar-refractivity contribution in [2.45, 2.75) is 0 Å². The van der Waals surface area contributed by atoms with Gasteiger partial charge in [0, 0.05) is 0 Å². The zero-order valence-electron chi connectivity index (χ0n) is 5.97. The summed E-state index contributed by atoms with van der Waals surface area (Å²) >= 11 is 0. The predicted molar refractivity (Wildman–Crippen MR) is 41.9 cm³/mol. The molecular formula is C6H6N4O2.